The zero-order valence-electron chi connectivity index (χ0n) is 14.4. The van der Waals surface area contributed by atoms with Gasteiger partial charge in [-0.2, -0.15) is 4.31 Å². The van der Waals surface area contributed by atoms with Gasteiger partial charge < -0.3 is 9.64 Å². The monoisotopic (exact) mass is 402 g/mol. The van der Waals surface area contributed by atoms with E-state index in [9.17, 15) is 8.42 Å². The van der Waals surface area contributed by atoms with Crippen LogP contribution < -0.4 is 4.90 Å². The molecule has 2 aliphatic heterocycles. The smallest absolute Gasteiger partial charge is 0.243 e. The van der Waals surface area contributed by atoms with Crippen molar-refractivity contribution in [2.75, 3.05) is 31.1 Å². The molecule has 27 heavy (non-hydrogen) atoms. The molecule has 0 spiro atoms. The summed E-state index contributed by atoms with van der Waals surface area (Å²) in [6, 6.07) is 10.9. The van der Waals surface area contributed by atoms with Gasteiger partial charge in [-0.15, -0.1) is 11.3 Å². The van der Waals surface area contributed by atoms with Crippen molar-refractivity contribution in [3.8, 4) is 0 Å². The summed E-state index contributed by atoms with van der Waals surface area (Å²) in [5.74, 6) is 0.862. The van der Waals surface area contributed by atoms with Crippen LogP contribution >= 0.6 is 11.3 Å². The first-order valence-corrected chi connectivity index (χ1v) is 11.1. The first-order chi connectivity index (χ1) is 13.1. The number of morpholine rings is 1. The maximum absolute atomic E-state index is 13.2. The third kappa shape index (κ3) is 2.91. The van der Waals surface area contributed by atoms with Gasteiger partial charge in [0, 0.05) is 25.8 Å². The van der Waals surface area contributed by atoms with Crippen molar-refractivity contribution >= 4 is 37.4 Å². The minimum atomic E-state index is -3.59. The molecule has 2 aromatic heterocycles. The number of pyridine rings is 1. The second-order valence-corrected chi connectivity index (χ2v) is 9.49. The molecule has 5 rings (SSSR count). The third-order valence-corrected chi connectivity index (χ3v) is 7.77. The fourth-order valence-corrected chi connectivity index (χ4v) is 6.09. The van der Waals surface area contributed by atoms with Gasteiger partial charge in [0.1, 0.15) is 5.82 Å². The van der Waals surface area contributed by atoms with E-state index in [2.05, 4.69) is 14.9 Å². The summed E-state index contributed by atoms with van der Waals surface area (Å²) in [7, 11) is -3.59. The summed E-state index contributed by atoms with van der Waals surface area (Å²) in [6.07, 6.45) is 1.61. The molecular formula is C18H18N4O3S2. The molecule has 9 heteroatoms. The predicted octanol–water partition coefficient (Wildman–Crippen LogP) is 1.97. The Labute approximate surface area is 161 Å². The van der Waals surface area contributed by atoms with Crippen molar-refractivity contribution in [1.82, 2.24) is 14.3 Å². The van der Waals surface area contributed by atoms with Gasteiger partial charge in [0.05, 0.1) is 39.4 Å². The topological polar surface area (TPSA) is 75.6 Å². The molecule has 3 aromatic rings. The van der Waals surface area contributed by atoms with E-state index in [4.69, 9.17) is 4.74 Å². The second kappa shape index (κ2) is 6.52. The number of hydrogen-bond acceptors (Lipinski definition) is 7. The van der Waals surface area contributed by atoms with E-state index in [1.54, 1.807) is 29.9 Å². The van der Waals surface area contributed by atoms with Crippen LogP contribution in [0.5, 0.6) is 0 Å². The number of hydrogen-bond donors (Lipinski definition) is 0. The SMILES string of the molecule is O=S(=O)(c1ccc2ncsc2c1)N1C[C@@H]2OCCN(c3ccccn3)[C@H]2C1. The van der Waals surface area contributed by atoms with Crippen molar-refractivity contribution in [3.63, 3.8) is 0 Å². The van der Waals surface area contributed by atoms with Crippen LogP contribution in [0.2, 0.25) is 0 Å². The van der Waals surface area contributed by atoms with Crippen LogP contribution in [0, 0.1) is 0 Å². The molecule has 7 nitrogen and oxygen atoms in total. The van der Waals surface area contributed by atoms with Gasteiger partial charge >= 0.3 is 0 Å². The van der Waals surface area contributed by atoms with Gasteiger partial charge in [-0.25, -0.2) is 18.4 Å². The number of aromatic nitrogens is 2. The van der Waals surface area contributed by atoms with Crippen LogP contribution in [0.15, 0.2) is 53.0 Å². The van der Waals surface area contributed by atoms with Crippen molar-refractivity contribution in [3.05, 3.63) is 48.1 Å². The molecule has 0 aliphatic carbocycles. The molecule has 2 atom stereocenters. The zero-order chi connectivity index (χ0) is 18.4. The van der Waals surface area contributed by atoms with E-state index < -0.39 is 10.0 Å². The Hall–Kier alpha value is -2.07. The Morgan fingerprint density at radius 1 is 1.15 bits per heavy atom. The summed E-state index contributed by atoms with van der Waals surface area (Å²) in [6.45, 7) is 2.03. The van der Waals surface area contributed by atoms with E-state index in [0.29, 0.717) is 31.1 Å². The normalized spacial score (nSPS) is 23.6. The summed E-state index contributed by atoms with van der Waals surface area (Å²) >= 11 is 1.44. The Kier molecular flexibility index (Phi) is 4.12. The number of anilines is 1. The number of fused-ring (bicyclic) bond motifs is 2. The number of sulfonamides is 1. The first kappa shape index (κ1) is 17.1. The lowest BCUT2D eigenvalue weighted by Crippen LogP contribution is -2.51. The van der Waals surface area contributed by atoms with Gasteiger partial charge in [-0.3, -0.25) is 0 Å². The van der Waals surface area contributed by atoms with Crippen LogP contribution in [0.4, 0.5) is 5.82 Å². The summed E-state index contributed by atoms with van der Waals surface area (Å²) in [5, 5.41) is 0. The second-order valence-electron chi connectivity index (χ2n) is 6.66. The molecule has 4 heterocycles. The molecule has 0 radical (unpaired) electrons. The van der Waals surface area contributed by atoms with Crippen molar-refractivity contribution in [2.45, 2.75) is 17.0 Å². The van der Waals surface area contributed by atoms with Gasteiger partial charge in [0.15, 0.2) is 0 Å². The quantitative estimate of drug-likeness (QED) is 0.667. The molecule has 0 unspecified atom stereocenters. The number of benzene rings is 1. The molecule has 2 fully saturated rings. The fourth-order valence-electron chi connectivity index (χ4n) is 3.80. The van der Waals surface area contributed by atoms with E-state index in [1.165, 1.54) is 15.6 Å². The van der Waals surface area contributed by atoms with Gasteiger partial charge in [0.2, 0.25) is 10.0 Å². The predicted molar refractivity (Wildman–Crippen MR) is 103 cm³/mol. The minimum absolute atomic E-state index is 0.0319. The number of nitrogens with zero attached hydrogens (tertiary/aromatic N) is 4. The van der Waals surface area contributed by atoms with Crippen LogP contribution in [0.3, 0.4) is 0 Å². The van der Waals surface area contributed by atoms with E-state index in [0.717, 1.165) is 16.0 Å². The average Bonchev–Trinajstić information content (AvgIpc) is 3.34. The highest BCUT2D eigenvalue weighted by Gasteiger charge is 2.45. The first-order valence-electron chi connectivity index (χ1n) is 8.75. The van der Waals surface area contributed by atoms with Crippen molar-refractivity contribution in [1.29, 1.82) is 0 Å². The van der Waals surface area contributed by atoms with Gasteiger partial charge in [0.25, 0.3) is 0 Å². The lowest BCUT2D eigenvalue weighted by atomic mass is 10.1. The van der Waals surface area contributed by atoms with E-state index in [-0.39, 0.29) is 12.1 Å². The summed E-state index contributed by atoms with van der Waals surface area (Å²) in [4.78, 5) is 11.1. The highest BCUT2D eigenvalue weighted by molar-refractivity contribution is 7.89. The molecule has 0 bridgehead atoms. The maximum atomic E-state index is 13.2. The molecule has 1 aromatic carbocycles. The molecular weight excluding hydrogens is 384 g/mol. The molecule has 2 saturated heterocycles. The Bertz CT molecular complexity index is 1070. The molecule has 140 valence electrons. The van der Waals surface area contributed by atoms with E-state index >= 15 is 0 Å². The third-order valence-electron chi connectivity index (χ3n) is 5.15. The molecule has 2 aliphatic rings. The highest BCUT2D eigenvalue weighted by Crippen LogP contribution is 2.31. The molecule has 0 N–H and O–H groups in total. The van der Waals surface area contributed by atoms with Crippen LogP contribution in [-0.2, 0) is 14.8 Å². The highest BCUT2D eigenvalue weighted by atomic mass is 32.2. The van der Waals surface area contributed by atoms with Crippen LogP contribution in [0.1, 0.15) is 0 Å². The number of ether oxygens (including phenoxy) is 1. The summed E-state index contributed by atoms with van der Waals surface area (Å²) in [5.41, 5.74) is 2.54. The zero-order valence-corrected chi connectivity index (χ0v) is 16.1. The van der Waals surface area contributed by atoms with Crippen molar-refractivity contribution < 1.29 is 13.2 Å². The summed E-state index contributed by atoms with van der Waals surface area (Å²) < 4.78 is 34.7. The maximum Gasteiger partial charge on any atom is 0.243 e. The largest absolute Gasteiger partial charge is 0.373 e. The Balaban J connectivity index is 1.44. The van der Waals surface area contributed by atoms with Gasteiger partial charge in [-0.05, 0) is 30.3 Å². The average molecular weight is 403 g/mol. The Morgan fingerprint density at radius 2 is 2.07 bits per heavy atom. The molecule has 0 amide bonds. The Morgan fingerprint density at radius 3 is 2.93 bits per heavy atom. The minimum Gasteiger partial charge on any atom is -0.373 e. The van der Waals surface area contributed by atoms with E-state index in [1.807, 2.05) is 18.2 Å². The fraction of sp³-hybridized carbons (Fsp3) is 0.333. The lowest BCUT2D eigenvalue weighted by molar-refractivity contribution is 0.0328. The van der Waals surface area contributed by atoms with Crippen LogP contribution in [0.25, 0.3) is 10.2 Å². The van der Waals surface area contributed by atoms with Crippen molar-refractivity contribution in [2.24, 2.45) is 0 Å². The molecule has 0 saturated carbocycles. The standard InChI is InChI=1S/C18H18N4O3S2/c23-27(24,13-4-5-14-17(9-13)26-12-20-14)21-10-15-16(11-21)25-8-7-22(15)18-3-1-2-6-19-18/h1-6,9,12,15-16H,7-8,10-11H2/t15-,16-/m0/s1. The number of thiazole rings is 1. The lowest BCUT2D eigenvalue weighted by Gasteiger charge is -2.37. The van der Waals surface area contributed by atoms with Crippen LogP contribution in [-0.4, -0.2) is 61.1 Å². The number of rotatable bonds is 3. The van der Waals surface area contributed by atoms with Gasteiger partial charge in [-0.1, -0.05) is 6.07 Å².